The van der Waals surface area contributed by atoms with Gasteiger partial charge in [0.15, 0.2) is 11.6 Å². The van der Waals surface area contributed by atoms with Crippen molar-refractivity contribution in [3.63, 3.8) is 0 Å². The van der Waals surface area contributed by atoms with E-state index in [4.69, 9.17) is 0 Å². The Labute approximate surface area is 111 Å². The Bertz CT molecular complexity index is 523. The second-order valence-electron chi connectivity index (χ2n) is 4.12. The first-order valence-corrected chi connectivity index (χ1v) is 6.36. The quantitative estimate of drug-likeness (QED) is 0.847. The van der Waals surface area contributed by atoms with Gasteiger partial charge in [-0.1, -0.05) is 6.92 Å². The Hall–Kier alpha value is -2.24. The largest absolute Gasteiger partial charge is 0.354 e. The fraction of sp³-hybridized carbons (Fsp3) is 0.385. The van der Waals surface area contributed by atoms with Crippen molar-refractivity contribution in [3.05, 3.63) is 30.9 Å². The summed E-state index contributed by atoms with van der Waals surface area (Å²) in [6, 6.07) is 1.77. The minimum absolute atomic E-state index is 0.0835. The van der Waals surface area contributed by atoms with Crippen LogP contribution in [0.1, 0.15) is 19.8 Å². The molecule has 0 fully saturated rings. The first kappa shape index (κ1) is 13.2. The van der Waals surface area contributed by atoms with Gasteiger partial charge in [-0.25, -0.2) is 15.0 Å². The fourth-order valence-corrected chi connectivity index (χ4v) is 1.74. The second-order valence-corrected chi connectivity index (χ2v) is 4.12. The lowest BCUT2D eigenvalue weighted by Crippen LogP contribution is -2.26. The molecule has 0 aliphatic heterocycles. The van der Waals surface area contributed by atoms with Crippen molar-refractivity contribution in [1.29, 1.82) is 0 Å². The van der Waals surface area contributed by atoms with Crippen LogP contribution in [0, 0.1) is 0 Å². The van der Waals surface area contributed by atoms with Gasteiger partial charge >= 0.3 is 0 Å². The van der Waals surface area contributed by atoms with Gasteiger partial charge in [0.05, 0.1) is 0 Å². The van der Waals surface area contributed by atoms with Crippen LogP contribution >= 0.6 is 0 Å². The lowest BCUT2D eigenvalue weighted by atomic mass is 10.3. The number of hydrogen-bond donors (Lipinski definition) is 1. The average Bonchev–Trinajstić information content (AvgIpc) is 2.88. The third-order valence-corrected chi connectivity index (χ3v) is 2.63. The Balaban J connectivity index is 1.95. The van der Waals surface area contributed by atoms with Gasteiger partial charge < -0.3 is 9.88 Å². The number of amides is 1. The van der Waals surface area contributed by atoms with E-state index in [0.717, 1.165) is 6.42 Å². The van der Waals surface area contributed by atoms with Crippen molar-refractivity contribution in [2.45, 2.75) is 26.3 Å². The predicted molar refractivity (Wildman–Crippen MR) is 71.2 cm³/mol. The first-order chi connectivity index (χ1) is 9.31. The van der Waals surface area contributed by atoms with Crippen LogP contribution in [0.2, 0.25) is 0 Å². The Morgan fingerprint density at radius 1 is 1.26 bits per heavy atom. The summed E-state index contributed by atoms with van der Waals surface area (Å²) < 4.78 is 1.93. The standard InChI is InChI=1S/C13H17N5O/c1-2-4-11(19)14-7-9-18-10-8-17-13(18)12-15-5-3-6-16-12/h3,5-6,8,10H,2,4,7,9H2,1H3,(H,14,19). The van der Waals surface area contributed by atoms with Gasteiger partial charge in [0.25, 0.3) is 0 Å². The number of carbonyl (C=O) groups is 1. The summed E-state index contributed by atoms with van der Waals surface area (Å²) >= 11 is 0. The van der Waals surface area contributed by atoms with Gasteiger partial charge in [0.1, 0.15) is 0 Å². The van der Waals surface area contributed by atoms with Gasteiger partial charge in [-0.05, 0) is 12.5 Å². The lowest BCUT2D eigenvalue weighted by Gasteiger charge is -2.08. The summed E-state index contributed by atoms with van der Waals surface area (Å²) in [6.45, 7) is 3.22. The van der Waals surface area contributed by atoms with Crippen molar-refractivity contribution in [1.82, 2.24) is 24.8 Å². The zero-order valence-electron chi connectivity index (χ0n) is 10.9. The fourth-order valence-electron chi connectivity index (χ4n) is 1.74. The highest BCUT2D eigenvalue weighted by molar-refractivity contribution is 5.75. The molecule has 0 aliphatic carbocycles. The van der Waals surface area contributed by atoms with Crippen molar-refractivity contribution in [2.24, 2.45) is 0 Å². The van der Waals surface area contributed by atoms with Crippen LogP contribution in [0.25, 0.3) is 11.6 Å². The van der Waals surface area contributed by atoms with Crippen LogP contribution in [0.5, 0.6) is 0 Å². The summed E-state index contributed by atoms with van der Waals surface area (Å²) in [7, 11) is 0. The lowest BCUT2D eigenvalue weighted by molar-refractivity contribution is -0.121. The monoisotopic (exact) mass is 259 g/mol. The van der Waals surface area contributed by atoms with E-state index in [1.54, 1.807) is 24.7 Å². The average molecular weight is 259 g/mol. The summed E-state index contributed by atoms with van der Waals surface area (Å²) in [4.78, 5) is 24.0. The van der Waals surface area contributed by atoms with E-state index in [9.17, 15) is 4.79 Å². The van der Waals surface area contributed by atoms with Gasteiger partial charge in [0.2, 0.25) is 5.91 Å². The van der Waals surface area contributed by atoms with Crippen LogP contribution in [0.4, 0.5) is 0 Å². The molecule has 0 spiro atoms. The molecule has 1 amide bonds. The number of aromatic nitrogens is 4. The maximum Gasteiger partial charge on any atom is 0.220 e. The highest BCUT2D eigenvalue weighted by Gasteiger charge is 2.08. The number of hydrogen-bond acceptors (Lipinski definition) is 4. The molecule has 2 aromatic rings. The van der Waals surface area contributed by atoms with Crippen molar-refractivity contribution >= 4 is 5.91 Å². The SMILES string of the molecule is CCCC(=O)NCCn1ccnc1-c1ncccn1. The minimum atomic E-state index is 0.0835. The molecule has 1 N–H and O–H groups in total. The van der Waals surface area contributed by atoms with Gasteiger partial charge in [-0.3, -0.25) is 4.79 Å². The van der Waals surface area contributed by atoms with E-state index < -0.39 is 0 Å². The van der Waals surface area contributed by atoms with E-state index >= 15 is 0 Å². The highest BCUT2D eigenvalue weighted by Crippen LogP contribution is 2.10. The Morgan fingerprint density at radius 3 is 2.79 bits per heavy atom. The van der Waals surface area contributed by atoms with Crippen molar-refractivity contribution in [2.75, 3.05) is 6.54 Å². The highest BCUT2D eigenvalue weighted by atomic mass is 16.1. The normalized spacial score (nSPS) is 10.4. The van der Waals surface area contributed by atoms with Crippen LogP contribution in [0.3, 0.4) is 0 Å². The third kappa shape index (κ3) is 3.61. The molecule has 0 saturated carbocycles. The van der Waals surface area contributed by atoms with Crippen LogP contribution in [-0.2, 0) is 11.3 Å². The number of imidazole rings is 1. The maximum absolute atomic E-state index is 11.4. The number of nitrogens with zero attached hydrogens (tertiary/aromatic N) is 4. The van der Waals surface area contributed by atoms with E-state index in [-0.39, 0.29) is 5.91 Å². The molecule has 19 heavy (non-hydrogen) atoms. The molecule has 6 nitrogen and oxygen atoms in total. The van der Waals surface area contributed by atoms with Crippen LogP contribution in [0.15, 0.2) is 30.9 Å². The number of rotatable bonds is 6. The van der Waals surface area contributed by atoms with Gasteiger partial charge in [-0.2, -0.15) is 0 Å². The van der Waals surface area contributed by atoms with Crippen LogP contribution < -0.4 is 5.32 Å². The zero-order chi connectivity index (χ0) is 13.5. The smallest absolute Gasteiger partial charge is 0.220 e. The van der Waals surface area contributed by atoms with E-state index in [1.165, 1.54) is 0 Å². The molecule has 0 aliphatic rings. The molecule has 100 valence electrons. The van der Waals surface area contributed by atoms with Gasteiger partial charge in [-0.15, -0.1) is 0 Å². The molecule has 2 heterocycles. The molecule has 0 bridgehead atoms. The second kappa shape index (κ2) is 6.63. The molecule has 2 rings (SSSR count). The van der Waals surface area contributed by atoms with E-state index in [2.05, 4.69) is 20.3 Å². The van der Waals surface area contributed by atoms with Crippen LogP contribution in [-0.4, -0.2) is 32.0 Å². The van der Waals surface area contributed by atoms with Gasteiger partial charge in [0, 0.05) is 44.3 Å². The summed E-state index contributed by atoms with van der Waals surface area (Å²) in [5.74, 6) is 1.39. The number of carbonyl (C=O) groups excluding carboxylic acids is 1. The summed E-state index contributed by atoms with van der Waals surface area (Å²) in [6.07, 6.45) is 8.37. The van der Waals surface area contributed by atoms with Crippen molar-refractivity contribution in [3.8, 4) is 11.6 Å². The predicted octanol–water partition coefficient (Wildman–Crippen LogP) is 1.26. The molecule has 0 saturated heterocycles. The van der Waals surface area contributed by atoms with E-state index in [1.807, 2.05) is 17.7 Å². The molecule has 6 heteroatoms. The topological polar surface area (TPSA) is 72.7 Å². The molecule has 0 atom stereocenters. The Morgan fingerprint density at radius 2 is 2.05 bits per heavy atom. The molecule has 2 aromatic heterocycles. The molecular formula is C13H17N5O. The van der Waals surface area contributed by atoms with Crippen molar-refractivity contribution < 1.29 is 4.79 Å². The molecule has 0 radical (unpaired) electrons. The summed E-state index contributed by atoms with van der Waals surface area (Å²) in [5, 5.41) is 2.87. The molecular weight excluding hydrogens is 242 g/mol. The maximum atomic E-state index is 11.4. The molecule has 0 unspecified atom stereocenters. The Kier molecular flexibility index (Phi) is 4.60. The zero-order valence-corrected chi connectivity index (χ0v) is 10.9. The summed E-state index contributed by atoms with van der Waals surface area (Å²) in [5.41, 5.74) is 0. The third-order valence-electron chi connectivity index (χ3n) is 2.63. The first-order valence-electron chi connectivity index (χ1n) is 6.36. The van der Waals surface area contributed by atoms with E-state index in [0.29, 0.717) is 31.2 Å². The molecule has 0 aromatic carbocycles. The minimum Gasteiger partial charge on any atom is -0.354 e. The number of nitrogens with one attached hydrogen (secondary N) is 1.